The molecule has 0 aromatic heterocycles. The number of nitrogens with zero attached hydrogens (tertiary/aromatic N) is 1. The molecule has 2 aromatic carbocycles. The molecule has 1 aliphatic heterocycles. The number of carbonyl (C=O) groups is 2. The Kier molecular flexibility index (Phi) is 5.38. The first kappa shape index (κ1) is 19.2. The van der Waals surface area contributed by atoms with Gasteiger partial charge in [-0.3, -0.25) is 14.5 Å². The summed E-state index contributed by atoms with van der Waals surface area (Å²) >= 11 is 6.21. The van der Waals surface area contributed by atoms with Crippen LogP contribution in [0.3, 0.4) is 0 Å². The van der Waals surface area contributed by atoms with Crippen molar-refractivity contribution in [3.8, 4) is 0 Å². The molecule has 1 heterocycles. The Morgan fingerprint density at radius 3 is 2.26 bits per heavy atom. The van der Waals surface area contributed by atoms with Crippen LogP contribution in [0.1, 0.15) is 30.5 Å². The number of rotatable bonds is 5. The van der Waals surface area contributed by atoms with Crippen molar-refractivity contribution in [3.63, 3.8) is 0 Å². The number of anilines is 1. The zero-order valence-corrected chi connectivity index (χ0v) is 16.7. The second kappa shape index (κ2) is 7.57. The third kappa shape index (κ3) is 3.91. The van der Waals surface area contributed by atoms with E-state index in [0.29, 0.717) is 28.5 Å². The highest BCUT2D eigenvalue weighted by Crippen LogP contribution is 2.32. The molecule has 0 bridgehead atoms. The van der Waals surface area contributed by atoms with Gasteiger partial charge < -0.3 is 5.32 Å². The van der Waals surface area contributed by atoms with Gasteiger partial charge in [0.2, 0.25) is 0 Å². The summed E-state index contributed by atoms with van der Waals surface area (Å²) in [7, 11) is 0. The van der Waals surface area contributed by atoms with Crippen molar-refractivity contribution in [1.82, 2.24) is 4.90 Å². The molecule has 0 aliphatic carbocycles. The van der Waals surface area contributed by atoms with E-state index in [2.05, 4.69) is 5.32 Å². The van der Waals surface area contributed by atoms with Crippen molar-refractivity contribution in [2.24, 2.45) is 5.92 Å². The first-order chi connectivity index (χ1) is 12.8. The van der Waals surface area contributed by atoms with Crippen LogP contribution >= 0.6 is 11.6 Å². The van der Waals surface area contributed by atoms with E-state index in [1.165, 1.54) is 4.90 Å². The van der Waals surface area contributed by atoms with Gasteiger partial charge in [-0.1, -0.05) is 61.3 Å². The van der Waals surface area contributed by atoms with Gasteiger partial charge in [0.05, 0.1) is 5.57 Å². The second-order valence-corrected chi connectivity index (χ2v) is 7.73. The molecule has 0 spiro atoms. The zero-order valence-electron chi connectivity index (χ0n) is 16.0. The van der Waals surface area contributed by atoms with Crippen molar-refractivity contribution >= 4 is 34.7 Å². The maximum Gasteiger partial charge on any atom is 0.278 e. The quantitative estimate of drug-likeness (QED) is 0.755. The molecule has 0 radical (unpaired) electrons. The minimum absolute atomic E-state index is 0.185. The summed E-state index contributed by atoms with van der Waals surface area (Å²) in [5.41, 5.74) is 4.14. The van der Waals surface area contributed by atoms with Crippen LogP contribution in [0.4, 0.5) is 5.69 Å². The maximum atomic E-state index is 13.0. The van der Waals surface area contributed by atoms with Crippen LogP contribution in [0.15, 0.2) is 48.2 Å². The van der Waals surface area contributed by atoms with Crippen LogP contribution in [-0.2, 0) is 9.59 Å². The molecule has 5 heteroatoms. The molecule has 1 N–H and O–H groups in total. The van der Waals surface area contributed by atoms with Crippen molar-refractivity contribution in [3.05, 3.63) is 69.9 Å². The van der Waals surface area contributed by atoms with Crippen LogP contribution in [-0.4, -0.2) is 23.3 Å². The molecular weight excluding hydrogens is 360 g/mol. The number of nitrogens with one attached hydrogen (secondary N) is 1. The monoisotopic (exact) mass is 382 g/mol. The lowest BCUT2D eigenvalue weighted by Gasteiger charge is -2.17. The summed E-state index contributed by atoms with van der Waals surface area (Å²) in [6.07, 6.45) is 0. The molecule has 2 amide bonds. The number of benzene rings is 2. The normalized spacial score (nSPS) is 14.5. The Labute approximate surface area is 164 Å². The molecule has 0 saturated carbocycles. The Balaban J connectivity index is 2.06. The van der Waals surface area contributed by atoms with Gasteiger partial charge in [-0.15, -0.1) is 0 Å². The molecule has 140 valence electrons. The Morgan fingerprint density at radius 1 is 1.00 bits per heavy atom. The van der Waals surface area contributed by atoms with Crippen molar-refractivity contribution in [1.29, 1.82) is 0 Å². The number of hydrogen-bond donors (Lipinski definition) is 1. The van der Waals surface area contributed by atoms with Gasteiger partial charge in [-0.05, 0) is 43.0 Å². The predicted molar refractivity (Wildman–Crippen MR) is 109 cm³/mol. The van der Waals surface area contributed by atoms with E-state index in [0.717, 1.165) is 16.7 Å². The first-order valence-electron chi connectivity index (χ1n) is 8.98. The summed E-state index contributed by atoms with van der Waals surface area (Å²) in [5.74, 6) is -0.385. The van der Waals surface area contributed by atoms with Gasteiger partial charge in [-0.2, -0.15) is 0 Å². The van der Waals surface area contributed by atoms with Gasteiger partial charge in [0.1, 0.15) is 5.70 Å². The van der Waals surface area contributed by atoms with E-state index in [1.807, 2.05) is 64.1 Å². The molecule has 0 saturated heterocycles. The molecule has 0 fully saturated rings. The fourth-order valence-corrected chi connectivity index (χ4v) is 3.21. The number of hydrogen-bond acceptors (Lipinski definition) is 3. The smallest absolute Gasteiger partial charge is 0.278 e. The second-order valence-electron chi connectivity index (χ2n) is 7.32. The number of halogens is 1. The fraction of sp³-hybridized carbons (Fsp3) is 0.273. The van der Waals surface area contributed by atoms with Crippen molar-refractivity contribution in [2.75, 3.05) is 11.9 Å². The van der Waals surface area contributed by atoms with E-state index in [4.69, 9.17) is 11.6 Å². The van der Waals surface area contributed by atoms with E-state index in [1.54, 1.807) is 6.07 Å². The molecule has 4 nitrogen and oxygen atoms in total. The van der Waals surface area contributed by atoms with Crippen LogP contribution in [0.2, 0.25) is 5.02 Å². The SMILES string of the molecule is Cc1ccc(C2=C(Nc3ccc(C)c(Cl)c3)C(=O)N(CC(C)C)C2=O)cc1. The average Bonchev–Trinajstić information content (AvgIpc) is 2.83. The number of imide groups is 1. The molecule has 1 aliphatic rings. The summed E-state index contributed by atoms with van der Waals surface area (Å²) in [4.78, 5) is 27.4. The molecule has 3 rings (SSSR count). The first-order valence-corrected chi connectivity index (χ1v) is 9.36. The van der Waals surface area contributed by atoms with Crippen LogP contribution < -0.4 is 5.32 Å². The highest BCUT2D eigenvalue weighted by atomic mass is 35.5. The molecular formula is C22H23ClN2O2. The van der Waals surface area contributed by atoms with Gasteiger partial charge >= 0.3 is 0 Å². The zero-order chi connectivity index (χ0) is 19.7. The minimum atomic E-state index is -0.305. The summed E-state index contributed by atoms with van der Waals surface area (Å²) < 4.78 is 0. The predicted octanol–water partition coefficient (Wildman–Crippen LogP) is 4.80. The number of carbonyl (C=O) groups excluding carboxylic acids is 2. The lowest BCUT2D eigenvalue weighted by Crippen LogP contribution is -2.35. The van der Waals surface area contributed by atoms with E-state index in [-0.39, 0.29) is 17.7 Å². The van der Waals surface area contributed by atoms with Gasteiger partial charge in [0.15, 0.2) is 0 Å². The highest BCUT2D eigenvalue weighted by molar-refractivity contribution is 6.36. The molecule has 27 heavy (non-hydrogen) atoms. The van der Waals surface area contributed by atoms with Gasteiger partial charge in [-0.25, -0.2) is 0 Å². The van der Waals surface area contributed by atoms with E-state index in [9.17, 15) is 9.59 Å². The minimum Gasteiger partial charge on any atom is -0.350 e. The van der Waals surface area contributed by atoms with Crippen LogP contribution in [0, 0.1) is 19.8 Å². The Bertz CT molecular complexity index is 930. The van der Waals surface area contributed by atoms with Crippen LogP contribution in [0.5, 0.6) is 0 Å². The van der Waals surface area contributed by atoms with Crippen LogP contribution in [0.25, 0.3) is 5.57 Å². The maximum absolute atomic E-state index is 13.0. The number of aryl methyl sites for hydroxylation is 2. The third-order valence-corrected chi connectivity index (χ3v) is 4.90. The lowest BCUT2D eigenvalue weighted by atomic mass is 10.0. The molecule has 0 unspecified atom stereocenters. The number of amides is 2. The highest BCUT2D eigenvalue weighted by Gasteiger charge is 2.39. The fourth-order valence-electron chi connectivity index (χ4n) is 3.03. The average molecular weight is 383 g/mol. The van der Waals surface area contributed by atoms with E-state index >= 15 is 0 Å². The molecule has 0 atom stereocenters. The summed E-state index contributed by atoms with van der Waals surface area (Å²) in [5, 5.41) is 3.74. The Hall–Kier alpha value is -2.59. The van der Waals surface area contributed by atoms with Gasteiger partial charge in [0, 0.05) is 17.3 Å². The Morgan fingerprint density at radius 2 is 1.67 bits per heavy atom. The standard InChI is InChI=1S/C22H23ClN2O2/c1-13(2)12-25-21(26)19(16-8-5-14(3)6-9-16)20(22(25)27)24-17-10-7-15(4)18(23)11-17/h5-11,13,24H,12H2,1-4H3. The largest absolute Gasteiger partial charge is 0.350 e. The summed E-state index contributed by atoms with van der Waals surface area (Å²) in [6.45, 7) is 8.25. The lowest BCUT2D eigenvalue weighted by molar-refractivity contribution is -0.137. The summed E-state index contributed by atoms with van der Waals surface area (Å²) in [6, 6.07) is 13.1. The molecule has 2 aromatic rings. The topological polar surface area (TPSA) is 49.4 Å². The van der Waals surface area contributed by atoms with E-state index < -0.39 is 0 Å². The van der Waals surface area contributed by atoms with Gasteiger partial charge in [0.25, 0.3) is 11.8 Å². The van der Waals surface area contributed by atoms with Crippen molar-refractivity contribution in [2.45, 2.75) is 27.7 Å². The van der Waals surface area contributed by atoms with Crippen molar-refractivity contribution < 1.29 is 9.59 Å². The third-order valence-electron chi connectivity index (χ3n) is 4.50.